The van der Waals surface area contributed by atoms with E-state index in [-0.39, 0.29) is 23.7 Å². The van der Waals surface area contributed by atoms with E-state index in [0.717, 1.165) is 24.1 Å². The smallest absolute Gasteiger partial charge is 0.268 e. The largest absolute Gasteiger partial charge is 0.396 e. The minimum atomic E-state index is -0.172. The maximum atomic E-state index is 12.3. The summed E-state index contributed by atoms with van der Waals surface area (Å²) in [5, 5.41) is 12.1. The first-order valence-electron chi connectivity index (χ1n) is 7.85. The average Bonchev–Trinajstić information content (AvgIpc) is 2.80. The lowest BCUT2D eigenvalue weighted by molar-refractivity contribution is 0.0943. The van der Waals surface area contributed by atoms with E-state index >= 15 is 0 Å². The Morgan fingerprint density at radius 1 is 1.32 bits per heavy atom. The quantitative estimate of drug-likeness (QED) is 0.510. The topological polar surface area (TPSA) is 82.2 Å². The minimum Gasteiger partial charge on any atom is -0.396 e. The Labute approximate surface area is 132 Å². The van der Waals surface area contributed by atoms with Gasteiger partial charge in [-0.1, -0.05) is 20.8 Å². The van der Waals surface area contributed by atoms with E-state index < -0.39 is 0 Å². The first-order valence-corrected chi connectivity index (χ1v) is 7.85. The van der Waals surface area contributed by atoms with Crippen LogP contribution in [0.5, 0.6) is 0 Å². The molecular weight excluding hydrogens is 280 g/mol. The number of aromatic amines is 1. The predicted octanol–water partition coefficient (Wildman–Crippen LogP) is 2.62. The second kappa shape index (κ2) is 7.58. The summed E-state index contributed by atoms with van der Waals surface area (Å²) in [6, 6.07) is 0. The number of carbonyl (C=O) groups is 2. The van der Waals surface area contributed by atoms with Crippen molar-refractivity contribution >= 4 is 11.7 Å². The van der Waals surface area contributed by atoms with Gasteiger partial charge in [0.15, 0.2) is 5.78 Å². The van der Waals surface area contributed by atoms with Crippen molar-refractivity contribution in [1.82, 2.24) is 10.3 Å². The number of hydrogen-bond donors (Lipinski definition) is 3. The first-order chi connectivity index (χ1) is 10.2. The minimum absolute atomic E-state index is 0.0191. The molecule has 0 aliphatic heterocycles. The Kier molecular flexibility index (Phi) is 6.35. The molecule has 0 radical (unpaired) electrons. The van der Waals surface area contributed by atoms with Crippen LogP contribution in [0.4, 0.5) is 0 Å². The number of H-pyrrole nitrogens is 1. The van der Waals surface area contributed by atoms with Crippen molar-refractivity contribution < 1.29 is 14.7 Å². The number of ketones is 1. The second-order valence-corrected chi connectivity index (χ2v) is 6.57. The van der Waals surface area contributed by atoms with Gasteiger partial charge in [-0.2, -0.15) is 0 Å². The highest BCUT2D eigenvalue weighted by Crippen LogP contribution is 2.21. The number of rotatable bonds is 8. The van der Waals surface area contributed by atoms with E-state index in [1.165, 1.54) is 6.92 Å². The zero-order valence-corrected chi connectivity index (χ0v) is 14.3. The van der Waals surface area contributed by atoms with Crippen molar-refractivity contribution in [2.45, 2.75) is 53.9 Å². The molecule has 1 aromatic heterocycles. The SMILES string of the molecule is CCc1c(C(=O)NCCCC(C)(C)CO)[nH]c(C)c1C(C)=O. The van der Waals surface area contributed by atoms with Crippen LogP contribution in [0.2, 0.25) is 0 Å². The van der Waals surface area contributed by atoms with Gasteiger partial charge in [0.2, 0.25) is 0 Å². The highest BCUT2D eigenvalue weighted by Gasteiger charge is 2.21. The van der Waals surface area contributed by atoms with Crippen LogP contribution in [0.1, 0.15) is 72.6 Å². The van der Waals surface area contributed by atoms with Gasteiger partial charge < -0.3 is 15.4 Å². The van der Waals surface area contributed by atoms with Gasteiger partial charge >= 0.3 is 0 Å². The van der Waals surface area contributed by atoms with Crippen LogP contribution in [-0.4, -0.2) is 34.9 Å². The van der Waals surface area contributed by atoms with Crippen molar-refractivity contribution in [1.29, 1.82) is 0 Å². The maximum absolute atomic E-state index is 12.3. The fourth-order valence-corrected chi connectivity index (χ4v) is 2.64. The van der Waals surface area contributed by atoms with Crippen molar-refractivity contribution in [2.24, 2.45) is 5.41 Å². The third-order valence-electron chi connectivity index (χ3n) is 3.97. The summed E-state index contributed by atoms with van der Waals surface area (Å²) < 4.78 is 0. The Morgan fingerprint density at radius 3 is 2.45 bits per heavy atom. The fourth-order valence-electron chi connectivity index (χ4n) is 2.64. The van der Waals surface area contributed by atoms with Crippen LogP contribution in [0.15, 0.2) is 0 Å². The van der Waals surface area contributed by atoms with Gasteiger partial charge in [0.25, 0.3) is 5.91 Å². The van der Waals surface area contributed by atoms with Gasteiger partial charge in [0, 0.05) is 24.4 Å². The zero-order valence-electron chi connectivity index (χ0n) is 14.3. The molecule has 5 heteroatoms. The predicted molar refractivity (Wildman–Crippen MR) is 87.3 cm³/mol. The maximum Gasteiger partial charge on any atom is 0.268 e. The van der Waals surface area contributed by atoms with Crippen LogP contribution in [0.25, 0.3) is 0 Å². The van der Waals surface area contributed by atoms with Gasteiger partial charge in [0.1, 0.15) is 5.69 Å². The van der Waals surface area contributed by atoms with Gasteiger partial charge in [-0.15, -0.1) is 0 Å². The Hall–Kier alpha value is -1.62. The van der Waals surface area contributed by atoms with Crippen molar-refractivity contribution in [3.05, 3.63) is 22.5 Å². The molecule has 0 aromatic carbocycles. The van der Waals surface area contributed by atoms with Gasteiger partial charge in [0.05, 0.1) is 0 Å². The van der Waals surface area contributed by atoms with Crippen LogP contribution in [0, 0.1) is 12.3 Å². The lowest BCUT2D eigenvalue weighted by Crippen LogP contribution is -2.27. The number of nitrogens with one attached hydrogen (secondary N) is 2. The molecule has 0 saturated carbocycles. The van der Waals surface area contributed by atoms with Crippen molar-refractivity contribution in [3.63, 3.8) is 0 Å². The van der Waals surface area contributed by atoms with Gasteiger partial charge in [-0.05, 0) is 44.1 Å². The van der Waals surface area contributed by atoms with E-state index in [9.17, 15) is 14.7 Å². The molecule has 1 amide bonds. The van der Waals surface area contributed by atoms with Crippen molar-refractivity contribution in [2.75, 3.05) is 13.2 Å². The highest BCUT2D eigenvalue weighted by atomic mass is 16.3. The molecule has 1 heterocycles. The molecule has 0 aliphatic carbocycles. The van der Waals surface area contributed by atoms with E-state index in [4.69, 9.17) is 0 Å². The normalized spacial score (nSPS) is 11.5. The van der Waals surface area contributed by atoms with Crippen molar-refractivity contribution in [3.8, 4) is 0 Å². The third kappa shape index (κ3) is 4.44. The van der Waals surface area contributed by atoms with Crippen LogP contribution in [0.3, 0.4) is 0 Å². The standard InChI is InChI=1S/C17H28N2O3/c1-6-13-14(12(3)21)11(2)19-15(13)16(22)18-9-7-8-17(4,5)10-20/h19-20H,6-10H2,1-5H3,(H,18,22). The second-order valence-electron chi connectivity index (χ2n) is 6.57. The number of aliphatic hydroxyl groups is 1. The molecule has 1 rings (SSSR count). The summed E-state index contributed by atoms with van der Waals surface area (Å²) in [4.78, 5) is 27.1. The Bertz CT molecular complexity index is 544. The molecule has 0 saturated heterocycles. The monoisotopic (exact) mass is 308 g/mol. The summed E-state index contributed by atoms with van der Waals surface area (Å²) in [7, 11) is 0. The third-order valence-corrected chi connectivity index (χ3v) is 3.97. The number of hydrogen-bond acceptors (Lipinski definition) is 3. The number of aliphatic hydroxyl groups excluding tert-OH is 1. The lowest BCUT2D eigenvalue weighted by atomic mass is 9.89. The molecule has 0 bridgehead atoms. The summed E-state index contributed by atoms with van der Waals surface area (Å²) in [6.45, 7) is 9.96. The van der Waals surface area contributed by atoms with E-state index in [1.807, 2.05) is 27.7 Å². The molecule has 22 heavy (non-hydrogen) atoms. The van der Waals surface area contributed by atoms with Crippen LogP contribution >= 0.6 is 0 Å². The molecule has 5 nitrogen and oxygen atoms in total. The Morgan fingerprint density at radius 2 is 1.95 bits per heavy atom. The van der Waals surface area contributed by atoms with Gasteiger partial charge in [-0.3, -0.25) is 9.59 Å². The first kappa shape index (κ1) is 18.4. The summed E-state index contributed by atoms with van der Waals surface area (Å²) in [5.41, 5.74) is 2.54. The van der Waals surface area contributed by atoms with E-state index in [0.29, 0.717) is 24.2 Å². The average molecular weight is 308 g/mol. The zero-order chi connectivity index (χ0) is 16.9. The molecular formula is C17H28N2O3. The number of amides is 1. The Balaban J connectivity index is 2.71. The van der Waals surface area contributed by atoms with Gasteiger partial charge in [-0.25, -0.2) is 0 Å². The summed E-state index contributed by atoms with van der Waals surface area (Å²) >= 11 is 0. The van der Waals surface area contributed by atoms with Crippen LogP contribution in [-0.2, 0) is 6.42 Å². The molecule has 0 unspecified atom stereocenters. The molecule has 0 spiro atoms. The molecule has 0 aliphatic rings. The molecule has 1 aromatic rings. The fraction of sp³-hybridized carbons (Fsp3) is 0.647. The summed E-state index contributed by atoms with van der Waals surface area (Å²) in [5.74, 6) is -0.191. The molecule has 0 fully saturated rings. The van der Waals surface area contributed by atoms with E-state index in [1.54, 1.807) is 0 Å². The molecule has 3 N–H and O–H groups in total. The number of aryl methyl sites for hydroxylation is 1. The summed E-state index contributed by atoms with van der Waals surface area (Å²) in [6.07, 6.45) is 2.28. The number of Topliss-reactive ketones (excluding diaryl/α,β-unsaturated/α-hetero) is 1. The highest BCUT2D eigenvalue weighted by molar-refractivity contribution is 6.02. The number of carbonyl (C=O) groups excluding carboxylic acids is 2. The molecule has 124 valence electrons. The van der Waals surface area contributed by atoms with Crippen LogP contribution < -0.4 is 5.32 Å². The number of aromatic nitrogens is 1. The lowest BCUT2D eigenvalue weighted by Gasteiger charge is -2.21. The van der Waals surface area contributed by atoms with E-state index in [2.05, 4.69) is 10.3 Å². The molecule has 0 atom stereocenters.